The molecule has 0 saturated carbocycles. The van der Waals surface area contributed by atoms with Crippen molar-refractivity contribution in [3.63, 3.8) is 0 Å². The SMILES string of the molecule is COc1ccc2c(c1)c(N=NC(=O)c1cc(Br)ccc1O)c(O)n2CC(C)C. The molecule has 1 amide bonds. The molecule has 1 heterocycles. The van der Waals surface area contributed by atoms with Crippen LogP contribution in [0.1, 0.15) is 24.2 Å². The third kappa shape index (κ3) is 3.87. The molecule has 0 spiro atoms. The minimum atomic E-state index is -0.717. The molecule has 2 N–H and O–H groups in total. The average molecular weight is 446 g/mol. The first-order valence-electron chi connectivity index (χ1n) is 8.65. The van der Waals surface area contributed by atoms with Gasteiger partial charge < -0.3 is 19.5 Å². The van der Waals surface area contributed by atoms with Gasteiger partial charge in [-0.25, -0.2) is 0 Å². The number of amides is 1. The van der Waals surface area contributed by atoms with E-state index in [4.69, 9.17) is 4.74 Å². The minimum Gasteiger partial charge on any atom is -0.507 e. The molecule has 0 aliphatic heterocycles. The minimum absolute atomic E-state index is 0.0149. The summed E-state index contributed by atoms with van der Waals surface area (Å²) in [5, 5.41) is 28.9. The number of azo groups is 1. The van der Waals surface area contributed by atoms with Crippen molar-refractivity contribution in [2.45, 2.75) is 20.4 Å². The maximum Gasteiger partial charge on any atom is 0.299 e. The van der Waals surface area contributed by atoms with Crippen LogP contribution in [0.15, 0.2) is 51.1 Å². The van der Waals surface area contributed by atoms with Crippen molar-refractivity contribution in [3.8, 4) is 17.4 Å². The summed E-state index contributed by atoms with van der Waals surface area (Å²) in [6, 6.07) is 9.83. The fourth-order valence-electron chi connectivity index (χ4n) is 2.91. The quantitative estimate of drug-likeness (QED) is 0.513. The number of halogens is 1. The zero-order valence-corrected chi connectivity index (χ0v) is 17.3. The number of hydrogen-bond donors (Lipinski definition) is 2. The lowest BCUT2D eigenvalue weighted by atomic mass is 10.2. The van der Waals surface area contributed by atoms with Gasteiger partial charge in [-0.1, -0.05) is 29.8 Å². The predicted molar refractivity (Wildman–Crippen MR) is 110 cm³/mol. The van der Waals surface area contributed by atoms with Crippen LogP contribution < -0.4 is 4.74 Å². The van der Waals surface area contributed by atoms with Crippen molar-refractivity contribution in [2.24, 2.45) is 16.1 Å². The van der Waals surface area contributed by atoms with Crippen molar-refractivity contribution < 1.29 is 19.7 Å². The maximum absolute atomic E-state index is 12.4. The number of ether oxygens (including phenoxy) is 1. The van der Waals surface area contributed by atoms with Gasteiger partial charge in [0, 0.05) is 16.4 Å². The van der Waals surface area contributed by atoms with E-state index in [-0.39, 0.29) is 28.8 Å². The molecular formula is C20H20BrN3O4. The highest BCUT2D eigenvalue weighted by Crippen LogP contribution is 2.41. The first-order chi connectivity index (χ1) is 13.3. The summed E-state index contributed by atoms with van der Waals surface area (Å²) in [6.45, 7) is 4.65. The number of carbonyl (C=O) groups excluding carboxylic acids is 1. The molecule has 3 rings (SSSR count). The molecule has 7 nitrogen and oxygen atoms in total. The molecule has 0 unspecified atom stereocenters. The van der Waals surface area contributed by atoms with Crippen molar-refractivity contribution >= 4 is 38.4 Å². The summed E-state index contributed by atoms with van der Waals surface area (Å²) in [6.07, 6.45) is 0. The lowest BCUT2D eigenvalue weighted by molar-refractivity contribution is 0.0992. The van der Waals surface area contributed by atoms with E-state index in [1.807, 2.05) is 19.9 Å². The Balaban J connectivity index is 2.08. The molecule has 8 heteroatoms. The first kappa shape index (κ1) is 19.9. The number of hydrogen-bond acceptors (Lipinski definition) is 5. The predicted octanol–water partition coefficient (Wildman–Crippen LogP) is 5.40. The number of fused-ring (bicyclic) bond motifs is 1. The van der Waals surface area contributed by atoms with E-state index in [9.17, 15) is 15.0 Å². The van der Waals surface area contributed by atoms with Gasteiger partial charge in [0.05, 0.1) is 18.2 Å². The topological polar surface area (TPSA) is 96.4 Å². The fraction of sp³-hybridized carbons (Fsp3) is 0.250. The third-order valence-corrected chi connectivity index (χ3v) is 4.69. The van der Waals surface area contributed by atoms with Gasteiger partial charge in [-0.3, -0.25) is 4.79 Å². The van der Waals surface area contributed by atoms with Crippen LogP contribution in [0.3, 0.4) is 0 Å². The van der Waals surface area contributed by atoms with Crippen molar-refractivity contribution in [1.82, 2.24) is 4.57 Å². The van der Waals surface area contributed by atoms with E-state index in [1.54, 1.807) is 29.9 Å². The number of nitrogens with zero attached hydrogens (tertiary/aromatic N) is 3. The van der Waals surface area contributed by atoms with Crippen molar-refractivity contribution in [2.75, 3.05) is 7.11 Å². The lowest BCUT2D eigenvalue weighted by Crippen LogP contribution is -2.03. The second kappa shape index (κ2) is 8.02. The van der Waals surface area contributed by atoms with E-state index >= 15 is 0 Å². The van der Waals surface area contributed by atoms with Crippen LogP contribution in [-0.2, 0) is 6.54 Å². The van der Waals surface area contributed by atoms with Crippen molar-refractivity contribution in [1.29, 1.82) is 0 Å². The Morgan fingerprint density at radius 3 is 2.64 bits per heavy atom. The van der Waals surface area contributed by atoms with Gasteiger partial charge in [0.1, 0.15) is 11.5 Å². The number of methoxy groups -OCH3 is 1. The molecule has 0 atom stereocenters. The molecule has 0 bridgehead atoms. The van der Waals surface area contributed by atoms with Crippen molar-refractivity contribution in [3.05, 3.63) is 46.4 Å². The maximum atomic E-state index is 12.4. The second-order valence-corrected chi connectivity index (χ2v) is 7.64. The Bertz CT molecular complexity index is 1070. The van der Waals surface area contributed by atoms with Gasteiger partial charge in [-0.2, -0.15) is 0 Å². The highest BCUT2D eigenvalue weighted by Gasteiger charge is 2.19. The Kier molecular flexibility index (Phi) is 5.69. The summed E-state index contributed by atoms with van der Waals surface area (Å²) < 4.78 is 7.62. The number of phenols is 1. The van der Waals surface area contributed by atoms with Gasteiger partial charge in [0.2, 0.25) is 5.88 Å². The molecule has 0 saturated heterocycles. The number of benzene rings is 2. The Morgan fingerprint density at radius 2 is 1.96 bits per heavy atom. The van der Waals surface area contributed by atoms with E-state index in [2.05, 4.69) is 26.2 Å². The van der Waals surface area contributed by atoms with Crippen LogP contribution in [0, 0.1) is 5.92 Å². The van der Waals surface area contributed by atoms with Gasteiger partial charge in [-0.05, 0) is 42.3 Å². The number of aromatic nitrogens is 1. The van der Waals surface area contributed by atoms with Gasteiger partial charge >= 0.3 is 0 Å². The van der Waals surface area contributed by atoms with Crippen LogP contribution in [0.4, 0.5) is 5.69 Å². The second-order valence-electron chi connectivity index (χ2n) is 6.73. The highest BCUT2D eigenvalue weighted by molar-refractivity contribution is 9.10. The number of rotatable bonds is 5. The van der Waals surface area contributed by atoms with Crippen LogP contribution in [0.2, 0.25) is 0 Å². The summed E-state index contributed by atoms with van der Waals surface area (Å²) in [7, 11) is 1.55. The number of aromatic hydroxyl groups is 2. The summed E-state index contributed by atoms with van der Waals surface area (Å²) in [5.74, 6) is -0.103. The molecule has 0 aliphatic rings. The molecule has 0 fully saturated rings. The first-order valence-corrected chi connectivity index (χ1v) is 9.45. The zero-order chi connectivity index (χ0) is 20.4. The average Bonchev–Trinajstić information content (AvgIpc) is 2.92. The van der Waals surface area contributed by atoms with Gasteiger partial charge in [-0.15, -0.1) is 10.2 Å². The van der Waals surface area contributed by atoms with Crippen LogP contribution in [0.5, 0.6) is 17.4 Å². The van der Waals surface area contributed by atoms with Gasteiger partial charge in [0.25, 0.3) is 5.91 Å². The largest absolute Gasteiger partial charge is 0.507 e. The Hall–Kier alpha value is -2.87. The zero-order valence-electron chi connectivity index (χ0n) is 15.7. The van der Waals surface area contributed by atoms with E-state index < -0.39 is 5.91 Å². The van der Waals surface area contributed by atoms with E-state index in [0.29, 0.717) is 22.2 Å². The molecule has 0 aliphatic carbocycles. The smallest absolute Gasteiger partial charge is 0.299 e. The number of phenolic OH excluding ortho intramolecular Hbond substituents is 1. The lowest BCUT2D eigenvalue weighted by Gasteiger charge is -2.09. The summed E-state index contributed by atoms with van der Waals surface area (Å²) >= 11 is 3.25. The Morgan fingerprint density at radius 1 is 1.21 bits per heavy atom. The molecule has 146 valence electrons. The van der Waals surface area contributed by atoms with E-state index in [1.165, 1.54) is 12.1 Å². The molecular weight excluding hydrogens is 426 g/mol. The number of carbonyl (C=O) groups is 1. The molecule has 1 aromatic heterocycles. The van der Waals surface area contributed by atoms with Crippen LogP contribution >= 0.6 is 15.9 Å². The molecule has 0 radical (unpaired) electrons. The summed E-state index contributed by atoms with van der Waals surface area (Å²) in [5.41, 5.74) is 0.956. The Labute approximate surface area is 170 Å². The monoisotopic (exact) mass is 445 g/mol. The molecule has 28 heavy (non-hydrogen) atoms. The normalized spacial score (nSPS) is 11.6. The molecule has 3 aromatic rings. The van der Waals surface area contributed by atoms with Crippen LogP contribution in [-0.4, -0.2) is 27.8 Å². The van der Waals surface area contributed by atoms with Gasteiger partial charge in [0.15, 0.2) is 5.69 Å². The standard InChI is InChI=1S/C20H20BrN3O4/c1-11(2)10-24-16-6-5-13(28-3)9-14(16)18(20(24)27)22-23-19(26)15-8-12(21)4-7-17(15)25/h4-9,11,25,27H,10H2,1-3H3. The fourth-order valence-corrected chi connectivity index (χ4v) is 3.27. The summed E-state index contributed by atoms with van der Waals surface area (Å²) in [4.78, 5) is 12.4. The van der Waals surface area contributed by atoms with E-state index in [0.717, 1.165) is 5.52 Å². The molecule has 2 aromatic carbocycles. The van der Waals surface area contributed by atoms with Crippen LogP contribution in [0.25, 0.3) is 10.9 Å². The highest BCUT2D eigenvalue weighted by atomic mass is 79.9. The third-order valence-electron chi connectivity index (χ3n) is 4.19.